The van der Waals surface area contributed by atoms with Gasteiger partial charge in [0.05, 0.1) is 20.8 Å². The largest absolute Gasteiger partial charge is 0.497 e. The van der Waals surface area contributed by atoms with Crippen LogP contribution in [-0.4, -0.2) is 20.8 Å². The predicted molar refractivity (Wildman–Crippen MR) is 53.4 cm³/mol. The summed E-state index contributed by atoms with van der Waals surface area (Å²) in [6.07, 6.45) is 0.726. The molecule has 0 spiro atoms. The third kappa shape index (κ3) is 2.61. The molecular formula is C10H15NO3. The van der Waals surface area contributed by atoms with Crippen LogP contribution in [0.25, 0.3) is 0 Å². The summed E-state index contributed by atoms with van der Waals surface area (Å²) in [6, 6.07) is 5.66. The molecule has 1 aromatic carbocycles. The molecule has 0 aromatic heterocycles. The normalized spacial score (nSPS) is 9.93. The highest BCUT2D eigenvalue weighted by Crippen LogP contribution is 2.24. The van der Waals surface area contributed by atoms with E-state index in [9.17, 15) is 0 Å². The lowest BCUT2D eigenvalue weighted by Gasteiger charge is -2.09. The molecule has 1 rings (SSSR count). The molecule has 78 valence electrons. The fraction of sp³-hybridized carbons (Fsp3) is 0.400. The minimum Gasteiger partial charge on any atom is -0.497 e. The van der Waals surface area contributed by atoms with Crippen molar-refractivity contribution < 1.29 is 14.3 Å². The molecule has 4 nitrogen and oxygen atoms in total. The Labute approximate surface area is 83.5 Å². The van der Waals surface area contributed by atoms with Gasteiger partial charge in [0.2, 0.25) is 0 Å². The van der Waals surface area contributed by atoms with E-state index in [-0.39, 0.29) is 0 Å². The summed E-state index contributed by atoms with van der Waals surface area (Å²) in [5.41, 5.74) is 1.05. The Balaban J connectivity index is 2.82. The zero-order valence-corrected chi connectivity index (χ0v) is 8.45. The summed E-state index contributed by atoms with van der Waals surface area (Å²) in [5, 5.41) is 0. The number of nitrogens with two attached hydrogens (primary N) is 1. The van der Waals surface area contributed by atoms with Gasteiger partial charge in [0, 0.05) is 12.5 Å². The Morgan fingerprint density at radius 3 is 2.57 bits per heavy atom. The minimum atomic E-state index is 0.475. The van der Waals surface area contributed by atoms with Gasteiger partial charge in [-0.05, 0) is 11.6 Å². The van der Waals surface area contributed by atoms with Gasteiger partial charge in [-0.25, -0.2) is 5.90 Å². The zero-order valence-electron chi connectivity index (χ0n) is 8.45. The number of methoxy groups -OCH3 is 2. The van der Waals surface area contributed by atoms with Crippen molar-refractivity contribution >= 4 is 0 Å². The van der Waals surface area contributed by atoms with Crippen LogP contribution in [0.15, 0.2) is 18.2 Å². The van der Waals surface area contributed by atoms with E-state index < -0.39 is 0 Å². The average molecular weight is 197 g/mol. The Morgan fingerprint density at radius 1 is 1.21 bits per heavy atom. The van der Waals surface area contributed by atoms with Crippen molar-refractivity contribution in [3.05, 3.63) is 23.8 Å². The van der Waals surface area contributed by atoms with Gasteiger partial charge in [0.25, 0.3) is 0 Å². The lowest BCUT2D eigenvalue weighted by atomic mass is 10.1. The van der Waals surface area contributed by atoms with E-state index in [1.54, 1.807) is 14.2 Å². The number of rotatable bonds is 5. The van der Waals surface area contributed by atoms with Crippen LogP contribution in [0.3, 0.4) is 0 Å². The minimum absolute atomic E-state index is 0.475. The van der Waals surface area contributed by atoms with Gasteiger partial charge in [-0.2, -0.15) is 0 Å². The van der Waals surface area contributed by atoms with Gasteiger partial charge >= 0.3 is 0 Å². The first-order valence-electron chi connectivity index (χ1n) is 4.34. The molecule has 14 heavy (non-hydrogen) atoms. The lowest BCUT2D eigenvalue weighted by molar-refractivity contribution is 0.140. The first-order valence-corrected chi connectivity index (χ1v) is 4.34. The summed E-state index contributed by atoms with van der Waals surface area (Å²) < 4.78 is 10.3. The molecule has 0 aliphatic carbocycles. The summed E-state index contributed by atoms with van der Waals surface area (Å²) in [5.74, 6) is 6.53. The maximum Gasteiger partial charge on any atom is 0.125 e. The summed E-state index contributed by atoms with van der Waals surface area (Å²) in [4.78, 5) is 4.52. The Morgan fingerprint density at radius 2 is 2.00 bits per heavy atom. The standard InChI is InChI=1S/C10H15NO3/c1-12-9-4-3-8(5-6-14-11)10(7-9)13-2/h3-4,7H,5-6,11H2,1-2H3. The molecule has 2 N–H and O–H groups in total. The van der Waals surface area contributed by atoms with Crippen LogP contribution >= 0.6 is 0 Å². The maximum atomic E-state index is 5.21. The number of hydrogen-bond donors (Lipinski definition) is 1. The lowest BCUT2D eigenvalue weighted by Crippen LogP contribution is -2.04. The van der Waals surface area contributed by atoms with Crippen LogP contribution in [0.5, 0.6) is 11.5 Å². The van der Waals surface area contributed by atoms with Crippen LogP contribution in [0.2, 0.25) is 0 Å². The first kappa shape index (κ1) is 10.8. The first-order chi connectivity index (χ1) is 6.81. The van der Waals surface area contributed by atoms with Crippen molar-refractivity contribution in [1.29, 1.82) is 0 Å². The smallest absolute Gasteiger partial charge is 0.125 e. The molecule has 0 unspecified atom stereocenters. The molecule has 0 aliphatic rings. The van der Waals surface area contributed by atoms with E-state index in [2.05, 4.69) is 4.84 Å². The third-order valence-electron chi connectivity index (χ3n) is 1.98. The topological polar surface area (TPSA) is 53.7 Å². The van der Waals surface area contributed by atoms with Gasteiger partial charge in [-0.15, -0.1) is 0 Å². The maximum absolute atomic E-state index is 5.21. The van der Waals surface area contributed by atoms with Crippen LogP contribution in [0.1, 0.15) is 5.56 Å². The zero-order chi connectivity index (χ0) is 10.4. The molecular weight excluding hydrogens is 182 g/mol. The molecule has 0 fully saturated rings. The molecule has 4 heteroatoms. The molecule has 0 heterocycles. The van der Waals surface area contributed by atoms with Crippen molar-refractivity contribution in [2.45, 2.75) is 6.42 Å². The van der Waals surface area contributed by atoms with Gasteiger partial charge in [-0.1, -0.05) is 6.07 Å². The molecule has 0 atom stereocenters. The van der Waals surface area contributed by atoms with Crippen molar-refractivity contribution in [1.82, 2.24) is 0 Å². The highest BCUT2D eigenvalue weighted by Gasteiger charge is 2.04. The second-order valence-electron chi connectivity index (χ2n) is 2.80. The van der Waals surface area contributed by atoms with Gasteiger partial charge in [-0.3, -0.25) is 0 Å². The molecule has 0 saturated carbocycles. The second-order valence-corrected chi connectivity index (χ2v) is 2.80. The summed E-state index contributed by atoms with van der Waals surface area (Å²) >= 11 is 0. The van der Waals surface area contributed by atoms with E-state index in [1.165, 1.54) is 0 Å². The van der Waals surface area contributed by atoms with E-state index in [1.807, 2.05) is 18.2 Å². The van der Waals surface area contributed by atoms with E-state index in [0.717, 1.165) is 23.5 Å². The Kier molecular flexibility index (Phi) is 4.22. The molecule has 0 saturated heterocycles. The highest BCUT2D eigenvalue weighted by atomic mass is 16.6. The van der Waals surface area contributed by atoms with E-state index >= 15 is 0 Å². The molecule has 0 radical (unpaired) electrons. The Hall–Kier alpha value is -1.26. The van der Waals surface area contributed by atoms with Crippen LogP contribution in [-0.2, 0) is 11.3 Å². The summed E-state index contributed by atoms with van der Waals surface area (Å²) in [6.45, 7) is 0.475. The van der Waals surface area contributed by atoms with Crippen molar-refractivity contribution in [2.75, 3.05) is 20.8 Å². The van der Waals surface area contributed by atoms with Gasteiger partial charge in [0.1, 0.15) is 11.5 Å². The van der Waals surface area contributed by atoms with Crippen molar-refractivity contribution in [3.8, 4) is 11.5 Å². The average Bonchev–Trinajstić information content (AvgIpc) is 2.26. The Bertz CT molecular complexity index is 289. The third-order valence-corrected chi connectivity index (χ3v) is 1.98. The number of hydrogen-bond acceptors (Lipinski definition) is 4. The highest BCUT2D eigenvalue weighted by molar-refractivity contribution is 5.40. The monoisotopic (exact) mass is 197 g/mol. The van der Waals surface area contributed by atoms with Crippen LogP contribution in [0.4, 0.5) is 0 Å². The van der Waals surface area contributed by atoms with Crippen molar-refractivity contribution in [2.24, 2.45) is 5.90 Å². The van der Waals surface area contributed by atoms with Gasteiger partial charge in [0.15, 0.2) is 0 Å². The molecule has 0 amide bonds. The molecule has 1 aromatic rings. The number of benzene rings is 1. The van der Waals surface area contributed by atoms with Crippen LogP contribution in [0, 0.1) is 0 Å². The van der Waals surface area contributed by atoms with Crippen molar-refractivity contribution in [3.63, 3.8) is 0 Å². The summed E-state index contributed by atoms with van der Waals surface area (Å²) in [7, 11) is 3.25. The van der Waals surface area contributed by atoms with E-state index in [4.69, 9.17) is 15.4 Å². The van der Waals surface area contributed by atoms with Crippen LogP contribution < -0.4 is 15.4 Å². The number of ether oxygens (including phenoxy) is 2. The SMILES string of the molecule is COc1ccc(CCON)c(OC)c1. The molecule has 0 aliphatic heterocycles. The fourth-order valence-corrected chi connectivity index (χ4v) is 1.23. The van der Waals surface area contributed by atoms with E-state index in [0.29, 0.717) is 6.61 Å². The fourth-order valence-electron chi connectivity index (χ4n) is 1.23. The quantitative estimate of drug-likeness (QED) is 0.719. The molecule has 0 bridgehead atoms. The second kappa shape index (κ2) is 5.47. The predicted octanol–water partition coefficient (Wildman–Crippen LogP) is 1.14. The van der Waals surface area contributed by atoms with Gasteiger partial charge < -0.3 is 14.3 Å².